The van der Waals surface area contributed by atoms with Crippen LogP contribution in [0.15, 0.2) is 16.6 Å². The van der Waals surface area contributed by atoms with Gasteiger partial charge in [0.05, 0.1) is 11.6 Å². The van der Waals surface area contributed by atoms with E-state index in [2.05, 4.69) is 33.1 Å². The molecule has 1 aliphatic rings. The average molecular weight is 388 g/mol. The van der Waals surface area contributed by atoms with Gasteiger partial charge in [-0.05, 0) is 40.5 Å². The van der Waals surface area contributed by atoms with Crippen LogP contribution in [-0.2, 0) is 0 Å². The molecule has 1 aromatic carbocycles. The second kappa shape index (κ2) is 8.95. The number of ether oxygens (including phenoxy) is 1. The third-order valence-electron chi connectivity index (χ3n) is 3.45. The molecule has 1 aliphatic heterocycles. The Morgan fingerprint density at radius 3 is 2.45 bits per heavy atom. The topological polar surface area (TPSA) is 44.7 Å². The van der Waals surface area contributed by atoms with E-state index in [1.165, 1.54) is 0 Å². The van der Waals surface area contributed by atoms with Gasteiger partial charge in [0.25, 0.3) is 0 Å². The summed E-state index contributed by atoms with van der Waals surface area (Å²) in [6.45, 7) is 6.33. The Hall–Kier alpha value is -0.200. The number of halogens is 3. The molecule has 4 nitrogen and oxygen atoms in total. The van der Waals surface area contributed by atoms with E-state index in [1.54, 1.807) is 7.11 Å². The summed E-state index contributed by atoms with van der Waals surface area (Å²) in [6.07, 6.45) is 0. The summed E-state index contributed by atoms with van der Waals surface area (Å²) in [5.74, 6) is 0.676. The van der Waals surface area contributed by atoms with Crippen molar-refractivity contribution in [3.05, 3.63) is 22.2 Å². The fourth-order valence-electron chi connectivity index (χ4n) is 2.27. The van der Waals surface area contributed by atoms with E-state index in [4.69, 9.17) is 4.74 Å². The lowest BCUT2D eigenvalue weighted by molar-refractivity contribution is 0.185. The average Bonchev–Trinajstić information content (AvgIpc) is 2.42. The van der Waals surface area contributed by atoms with Crippen LogP contribution in [0.25, 0.3) is 0 Å². The highest BCUT2D eigenvalue weighted by atomic mass is 79.9. The van der Waals surface area contributed by atoms with Crippen molar-refractivity contribution in [2.75, 3.05) is 33.3 Å². The molecule has 0 radical (unpaired) electrons. The van der Waals surface area contributed by atoms with Crippen LogP contribution < -0.4 is 10.1 Å². The Morgan fingerprint density at radius 2 is 1.90 bits per heavy atom. The Morgan fingerprint density at radius 1 is 1.30 bits per heavy atom. The highest BCUT2D eigenvalue weighted by molar-refractivity contribution is 9.10. The summed E-state index contributed by atoms with van der Waals surface area (Å²) in [5, 5.41) is 13.2. The minimum Gasteiger partial charge on any atom is -0.503 e. The number of hydrogen-bond donors (Lipinski definition) is 2. The third kappa shape index (κ3) is 4.40. The van der Waals surface area contributed by atoms with Gasteiger partial charge in [-0.2, -0.15) is 0 Å². The summed E-state index contributed by atoms with van der Waals surface area (Å²) in [7, 11) is 1.57. The normalized spacial score (nSPS) is 16.8. The monoisotopic (exact) mass is 386 g/mol. The molecule has 0 unspecified atom stereocenters. The van der Waals surface area contributed by atoms with Gasteiger partial charge in [-0.15, -0.1) is 24.8 Å². The summed E-state index contributed by atoms with van der Waals surface area (Å²) in [5.41, 5.74) is 1.15. The number of benzene rings is 1. The van der Waals surface area contributed by atoms with E-state index >= 15 is 0 Å². The zero-order valence-corrected chi connectivity index (χ0v) is 14.8. The smallest absolute Gasteiger partial charge is 0.172 e. The Labute approximate surface area is 140 Å². The van der Waals surface area contributed by atoms with Crippen LogP contribution in [0.5, 0.6) is 11.5 Å². The highest BCUT2D eigenvalue weighted by Crippen LogP contribution is 2.37. The van der Waals surface area contributed by atoms with Crippen LogP contribution >= 0.6 is 40.7 Å². The van der Waals surface area contributed by atoms with Gasteiger partial charge in [0.15, 0.2) is 11.5 Å². The van der Waals surface area contributed by atoms with Gasteiger partial charge < -0.3 is 15.2 Å². The number of methoxy groups -OCH3 is 1. The first-order chi connectivity index (χ1) is 8.63. The largest absolute Gasteiger partial charge is 0.503 e. The number of phenolic OH excluding ortho intramolecular Hbond substituents is 1. The van der Waals surface area contributed by atoms with Crippen molar-refractivity contribution in [2.45, 2.75) is 13.0 Å². The zero-order valence-electron chi connectivity index (χ0n) is 11.6. The van der Waals surface area contributed by atoms with E-state index in [9.17, 15) is 5.11 Å². The van der Waals surface area contributed by atoms with Gasteiger partial charge in [0.1, 0.15) is 0 Å². The number of rotatable bonds is 3. The quantitative estimate of drug-likeness (QED) is 0.836. The molecule has 0 spiro atoms. The number of aromatic hydroxyl groups is 1. The number of phenols is 1. The molecular formula is C13H21BrCl2N2O2. The van der Waals surface area contributed by atoms with E-state index in [-0.39, 0.29) is 30.6 Å². The number of piperazine rings is 1. The maximum Gasteiger partial charge on any atom is 0.172 e. The maximum atomic E-state index is 9.82. The predicted octanol–water partition coefficient (Wildman–Crippen LogP) is 2.97. The van der Waals surface area contributed by atoms with Gasteiger partial charge in [0.2, 0.25) is 0 Å². The van der Waals surface area contributed by atoms with E-state index < -0.39 is 0 Å². The predicted molar refractivity (Wildman–Crippen MR) is 89.7 cm³/mol. The van der Waals surface area contributed by atoms with Crippen LogP contribution in [0.4, 0.5) is 0 Å². The van der Waals surface area contributed by atoms with Crippen LogP contribution in [0.1, 0.15) is 18.5 Å². The first-order valence-corrected chi connectivity index (χ1v) is 6.94. The van der Waals surface area contributed by atoms with Crippen molar-refractivity contribution in [1.82, 2.24) is 10.2 Å². The molecule has 1 saturated heterocycles. The molecule has 0 aliphatic carbocycles. The molecule has 0 amide bonds. The van der Waals surface area contributed by atoms with Crippen molar-refractivity contribution in [2.24, 2.45) is 0 Å². The lowest BCUT2D eigenvalue weighted by atomic mass is 10.1. The second-order valence-corrected chi connectivity index (χ2v) is 5.37. The van der Waals surface area contributed by atoms with Crippen molar-refractivity contribution in [1.29, 1.82) is 0 Å². The number of nitrogens with one attached hydrogen (secondary N) is 1. The van der Waals surface area contributed by atoms with Crippen LogP contribution in [0.2, 0.25) is 0 Å². The van der Waals surface area contributed by atoms with Crippen molar-refractivity contribution >= 4 is 40.7 Å². The summed E-state index contributed by atoms with van der Waals surface area (Å²) >= 11 is 3.37. The van der Waals surface area contributed by atoms with Crippen LogP contribution in [0.3, 0.4) is 0 Å². The van der Waals surface area contributed by atoms with E-state index in [0.717, 1.165) is 31.7 Å². The van der Waals surface area contributed by atoms with E-state index in [1.807, 2.05) is 12.1 Å². The fraction of sp³-hybridized carbons (Fsp3) is 0.538. The molecule has 0 bridgehead atoms. The van der Waals surface area contributed by atoms with Gasteiger partial charge in [-0.25, -0.2) is 0 Å². The van der Waals surface area contributed by atoms with Crippen molar-refractivity contribution in [3.8, 4) is 11.5 Å². The number of hydrogen-bond acceptors (Lipinski definition) is 4. The maximum absolute atomic E-state index is 9.82. The summed E-state index contributed by atoms with van der Waals surface area (Å²) < 4.78 is 5.87. The molecular weight excluding hydrogens is 367 g/mol. The van der Waals surface area contributed by atoms with Gasteiger partial charge in [-0.1, -0.05) is 0 Å². The molecule has 1 aromatic rings. The first-order valence-electron chi connectivity index (χ1n) is 6.14. The minimum absolute atomic E-state index is 0. The zero-order chi connectivity index (χ0) is 13.1. The van der Waals surface area contributed by atoms with E-state index in [0.29, 0.717) is 16.3 Å². The van der Waals surface area contributed by atoms with Gasteiger partial charge >= 0.3 is 0 Å². The molecule has 20 heavy (non-hydrogen) atoms. The molecule has 116 valence electrons. The Kier molecular flexibility index (Phi) is 8.86. The lowest BCUT2D eigenvalue weighted by Crippen LogP contribution is -2.44. The number of nitrogens with zero attached hydrogens (tertiary/aromatic N) is 1. The minimum atomic E-state index is 0. The molecule has 2 rings (SSSR count). The molecule has 0 aromatic heterocycles. The molecule has 0 saturated carbocycles. The van der Waals surface area contributed by atoms with Crippen LogP contribution in [0, 0.1) is 0 Å². The molecule has 7 heteroatoms. The summed E-state index contributed by atoms with van der Waals surface area (Å²) in [6, 6.07) is 4.19. The lowest BCUT2D eigenvalue weighted by Gasteiger charge is -2.33. The second-order valence-electron chi connectivity index (χ2n) is 4.52. The van der Waals surface area contributed by atoms with Crippen molar-refractivity contribution < 1.29 is 9.84 Å². The molecule has 1 fully saturated rings. The summed E-state index contributed by atoms with van der Waals surface area (Å²) in [4.78, 5) is 2.43. The third-order valence-corrected chi connectivity index (χ3v) is 4.06. The standard InChI is InChI=1S/C13H19BrN2O2.2ClH/c1-9(16-5-3-15-4-6-16)10-7-11(14)13(17)12(8-10)18-2;;/h7-9,15,17H,3-6H2,1-2H3;2*1H/t9-;;/m1../s1. The highest BCUT2D eigenvalue weighted by Gasteiger charge is 2.20. The van der Waals surface area contributed by atoms with Crippen molar-refractivity contribution in [3.63, 3.8) is 0 Å². The fourth-order valence-corrected chi connectivity index (χ4v) is 2.73. The molecule has 2 N–H and O–H groups in total. The first kappa shape index (κ1) is 19.8. The van der Waals surface area contributed by atoms with Gasteiger partial charge in [0, 0.05) is 32.2 Å². The Balaban J connectivity index is 0.00000180. The SMILES string of the molecule is COc1cc([C@@H](C)N2CCNCC2)cc(Br)c1O.Cl.Cl. The van der Waals surface area contributed by atoms with Gasteiger partial charge in [-0.3, -0.25) is 4.90 Å². The molecule has 1 atom stereocenters. The van der Waals surface area contributed by atoms with Crippen LogP contribution in [-0.4, -0.2) is 43.3 Å². The Bertz CT molecular complexity index is 429. The molecule has 1 heterocycles.